The molecule has 0 unspecified atom stereocenters. The van der Waals surface area contributed by atoms with Crippen LogP contribution in [0.15, 0.2) is 35.5 Å². The van der Waals surface area contributed by atoms with E-state index in [9.17, 15) is 9.90 Å². The summed E-state index contributed by atoms with van der Waals surface area (Å²) >= 11 is 0. The highest BCUT2D eigenvalue weighted by Gasteiger charge is 2.54. The van der Waals surface area contributed by atoms with Crippen LogP contribution >= 0.6 is 0 Å². The van der Waals surface area contributed by atoms with Gasteiger partial charge in [0.25, 0.3) is 0 Å². The van der Waals surface area contributed by atoms with Gasteiger partial charge in [-0.2, -0.15) is 0 Å². The number of carbonyl (C=O) groups excluding carboxylic acids is 1. The maximum absolute atomic E-state index is 11.1. The van der Waals surface area contributed by atoms with Crippen molar-refractivity contribution in [2.45, 2.75) is 58.0 Å². The SMILES string of the molecule is C=C(C#CC1=C[C@@H](OC(C)=O)[C@@H]2O[C@@H]2[C@@H]1O)CCC=C(C)C. The second-order valence-corrected chi connectivity index (χ2v) is 5.88. The van der Waals surface area contributed by atoms with E-state index in [2.05, 4.69) is 38.3 Å². The Morgan fingerprint density at radius 1 is 1.45 bits per heavy atom. The van der Waals surface area contributed by atoms with Crippen LogP contribution in [0.4, 0.5) is 0 Å². The highest BCUT2D eigenvalue weighted by molar-refractivity contribution is 5.66. The highest BCUT2D eigenvalue weighted by Crippen LogP contribution is 2.38. The van der Waals surface area contributed by atoms with E-state index in [-0.39, 0.29) is 18.2 Å². The number of epoxide rings is 1. The standard InChI is InChI=1S/C18H22O4/c1-11(2)6-5-7-12(3)8-9-14-10-15(21-13(4)19)17-18(22-17)16(14)20/h6,10,15-18,20H,3,5,7H2,1-2,4H3/t15-,16-,17+,18-/m1/s1. The number of aliphatic hydroxyl groups is 1. The molecule has 4 heteroatoms. The molecule has 4 atom stereocenters. The summed E-state index contributed by atoms with van der Waals surface area (Å²) in [5.41, 5.74) is 2.62. The third-order valence-electron chi connectivity index (χ3n) is 3.54. The third-order valence-corrected chi connectivity index (χ3v) is 3.54. The van der Waals surface area contributed by atoms with E-state index >= 15 is 0 Å². The Hall–Kier alpha value is -1.83. The number of aliphatic hydroxyl groups excluding tert-OH is 1. The molecule has 1 aliphatic carbocycles. The molecule has 1 N–H and O–H groups in total. The molecule has 118 valence electrons. The fourth-order valence-corrected chi connectivity index (χ4v) is 2.37. The summed E-state index contributed by atoms with van der Waals surface area (Å²) in [7, 11) is 0. The van der Waals surface area contributed by atoms with Gasteiger partial charge < -0.3 is 14.6 Å². The average molecular weight is 302 g/mol. The Bertz CT molecular complexity index is 584. The Balaban J connectivity index is 2.00. The minimum absolute atomic E-state index is 0.245. The molecule has 0 saturated carbocycles. The zero-order valence-electron chi connectivity index (χ0n) is 13.3. The lowest BCUT2D eigenvalue weighted by atomic mass is 9.94. The van der Waals surface area contributed by atoms with Gasteiger partial charge in [0.15, 0.2) is 0 Å². The minimum atomic E-state index is -0.755. The van der Waals surface area contributed by atoms with Gasteiger partial charge in [-0.05, 0) is 38.3 Å². The summed E-state index contributed by atoms with van der Waals surface area (Å²) in [6.07, 6.45) is 3.73. The van der Waals surface area contributed by atoms with Gasteiger partial charge in [-0.25, -0.2) is 0 Å². The number of fused-ring (bicyclic) bond motifs is 1. The Morgan fingerprint density at radius 2 is 2.18 bits per heavy atom. The molecule has 0 bridgehead atoms. The fourth-order valence-electron chi connectivity index (χ4n) is 2.37. The number of hydrogen-bond acceptors (Lipinski definition) is 4. The van der Waals surface area contributed by atoms with Gasteiger partial charge in [-0.1, -0.05) is 30.1 Å². The van der Waals surface area contributed by atoms with Crippen LogP contribution in [0.3, 0.4) is 0 Å². The topological polar surface area (TPSA) is 59.1 Å². The molecule has 0 amide bonds. The lowest BCUT2D eigenvalue weighted by Crippen LogP contribution is -2.32. The summed E-state index contributed by atoms with van der Waals surface area (Å²) in [4.78, 5) is 11.1. The normalized spacial score (nSPS) is 28.5. The van der Waals surface area contributed by atoms with Crippen molar-refractivity contribution in [1.29, 1.82) is 0 Å². The molecule has 0 spiro atoms. The summed E-state index contributed by atoms with van der Waals surface area (Å²) in [5.74, 6) is 5.54. The van der Waals surface area contributed by atoms with Crippen molar-refractivity contribution in [2.75, 3.05) is 0 Å². The van der Waals surface area contributed by atoms with E-state index < -0.39 is 12.2 Å². The largest absolute Gasteiger partial charge is 0.455 e. The first kappa shape index (κ1) is 16.5. The summed E-state index contributed by atoms with van der Waals surface area (Å²) in [6, 6.07) is 0. The van der Waals surface area contributed by atoms with E-state index in [4.69, 9.17) is 9.47 Å². The van der Waals surface area contributed by atoms with Crippen molar-refractivity contribution in [3.63, 3.8) is 0 Å². The van der Waals surface area contributed by atoms with E-state index in [0.717, 1.165) is 18.4 Å². The maximum atomic E-state index is 11.1. The zero-order valence-corrected chi connectivity index (χ0v) is 13.3. The quantitative estimate of drug-likeness (QED) is 0.375. The van der Waals surface area contributed by atoms with Crippen LogP contribution in [0.2, 0.25) is 0 Å². The predicted octanol–water partition coefficient (Wildman–Crippen LogP) is 2.29. The molecule has 1 saturated heterocycles. The maximum Gasteiger partial charge on any atom is 0.303 e. The lowest BCUT2D eigenvalue weighted by Gasteiger charge is -2.18. The third kappa shape index (κ3) is 4.33. The number of carbonyl (C=O) groups is 1. The number of ether oxygens (including phenoxy) is 2. The molecule has 0 aromatic carbocycles. The number of rotatable bonds is 4. The van der Waals surface area contributed by atoms with Crippen molar-refractivity contribution < 1.29 is 19.4 Å². The predicted molar refractivity (Wildman–Crippen MR) is 83.9 cm³/mol. The van der Waals surface area contributed by atoms with Crippen molar-refractivity contribution in [2.24, 2.45) is 0 Å². The average Bonchev–Trinajstić information content (AvgIpc) is 3.20. The Labute approximate surface area is 131 Å². The smallest absolute Gasteiger partial charge is 0.303 e. The van der Waals surface area contributed by atoms with Crippen molar-refractivity contribution in [1.82, 2.24) is 0 Å². The first-order valence-electron chi connectivity index (χ1n) is 7.44. The van der Waals surface area contributed by atoms with Gasteiger partial charge in [-0.3, -0.25) is 4.79 Å². The van der Waals surface area contributed by atoms with Gasteiger partial charge in [-0.15, -0.1) is 0 Å². The van der Waals surface area contributed by atoms with Gasteiger partial charge in [0, 0.05) is 12.5 Å². The first-order valence-corrected chi connectivity index (χ1v) is 7.44. The van der Waals surface area contributed by atoms with Gasteiger partial charge in [0.2, 0.25) is 0 Å². The van der Waals surface area contributed by atoms with E-state index in [1.807, 2.05) is 0 Å². The monoisotopic (exact) mass is 302 g/mol. The van der Waals surface area contributed by atoms with Crippen molar-refractivity contribution in [3.05, 3.63) is 35.5 Å². The van der Waals surface area contributed by atoms with Crippen LogP contribution in [0, 0.1) is 11.8 Å². The first-order chi connectivity index (χ1) is 10.4. The molecule has 22 heavy (non-hydrogen) atoms. The van der Waals surface area contributed by atoms with Crippen LogP contribution in [0.1, 0.15) is 33.6 Å². The summed E-state index contributed by atoms with van der Waals surface area (Å²) < 4.78 is 10.5. The van der Waals surface area contributed by atoms with Gasteiger partial charge in [0.1, 0.15) is 24.4 Å². The van der Waals surface area contributed by atoms with Crippen molar-refractivity contribution >= 4 is 5.97 Å². The van der Waals surface area contributed by atoms with Crippen LogP contribution in [0.25, 0.3) is 0 Å². The zero-order chi connectivity index (χ0) is 16.3. The molecule has 0 aromatic rings. The lowest BCUT2D eigenvalue weighted by molar-refractivity contribution is -0.145. The molecular weight excluding hydrogens is 280 g/mol. The van der Waals surface area contributed by atoms with E-state index in [1.54, 1.807) is 6.08 Å². The van der Waals surface area contributed by atoms with Crippen LogP contribution in [0.5, 0.6) is 0 Å². The summed E-state index contributed by atoms with van der Waals surface area (Å²) in [5, 5.41) is 10.1. The van der Waals surface area contributed by atoms with Crippen molar-refractivity contribution in [3.8, 4) is 11.8 Å². The van der Waals surface area contributed by atoms with E-state index in [0.29, 0.717) is 5.57 Å². The number of esters is 1. The molecule has 1 aliphatic heterocycles. The highest BCUT2D eigenvalue weighted by atomic mass is 16.6. The molecule has 1 heterocycles. The molecule has 0 radical (unpaired) electrons. The number of hydrogen-bond donors (Lipinski definition) is 1. The summed E-state index contributed by atoms with van der Waals surface area (Å²) in [6.45, 7) is 9.39. The Morgan fingerprint density at radius 3 is 2.82 bits per heavy atom. The van der Waals surface area contributed by atoms with Gasteiger partial charge in [0.05, 0.1) is 0 Å². The molecule has 2 rings (SSSR count). The molecular formula is C18H22O4. The van der Waals surface area contributed by atoms with Gasteiger partial charge >= 0.3 is 5.97 Å². The Kier molecular flexibility index (Phi) is 5.23. The van der Waals surface area contributed by atoms with E-state index in [1.165, 1.54) is 12.5 Å². The van der Waals surface area contributed by atoms with Crippen LogP contribution in [-0.2, 0) is 14.3 Å². The molecule has 2 aliphatic rings. The molecule has 4 nitrogen and oxygen atoms in total. The molecule has 1 fully saturated rings. The molecule has 0 aromatic heterocycles. The van der Waals surface area contributed by atoms with Crippen LogP contribution < -0.4 is 0 Å². The second kappa shape index (κ2) is 6.95. The number of allylic oxidation sites excluding steroid dienone is 3. The van der Waals surface area contributed by atoms with Crippen LogP contribution in [-0.4, -0.2) is 35.5 Å². The second-order valence-electron chi connectivity index (χ2n) is 5.88. The minimum Gasteiger partial charge on any atom is -0.455 e. The fraction of sp³-hybridized carbons (Fsp3) is 0.500.